The van der Waals surface area contributed by atoms with Crippen molar-refractivity contribution in [3.8, 4) is 0 Å². The van der Waals surface area contributed by atoms with E-state index in [1.807, 2.05) is 12.1 Å². The van der Waals surface area contributed by atoms with Crippen LogP contribution in [0.5, 0.6) is 0 Å². The molecule has 1 saturated carbocycles. The number of carbonyl (C=O) groups excluding carboxylic acids is 1. The number of piperidine rings is 1. The maximum atomic E-state index is 11.8. The van der Waals surface area contributed by atoms with Crippen LogP contribution >= 0.6 is 0 Å². The summed E-state index contributed by atoms with van der Waals surface area (Å²) >= 11 is 0. The van der Waals surface area contributed by atoms with Crippen molar-refractivity contribution in [1.29, 1.82) is 0 Å². The molecule has 0 unspecified atom stereocenters. The molecule has 22 heavy (non-hydrogen) atoms. The second-order valence-electron chi connectivity index (χ2n) is 6.31. The average molecular weight is 322 g/mol. The molecule has 1 aliphatic heterocycles. The predicted octanol–water partition coefficient (Wildman–Crippen LogP) is 1.59. The van der Waals surface area contributed by atoms with Gasteiger partial charge in [0.05, 0.1) is 4.90 Å². The maximum absolute atomic E-state index is 11.8. The molecule has 1 N–H and O–H groups in total. The Morgan fingerprint density at radius 3 is 2.18 bits per heavy atom. The first-order valence-corrected chi connectivity index (χ1v) is 9.68. The lowest BCUT2D eigenvalue weighted by Gasteiger charge is -2.34. The summed E-state index contributed by atoms with van der Waals surface area (Å²) in [6, 6.07) is 7.32. The van der Waals surface area contributed by atoms with Gasteiger partial charge in [-0.1, -0.05) is 0 Å². The molecule has 2 aliphatic rings. The number of nitrogens with one attached hydrogen (secondary N) is 1. The van der Waals surface area contributed by atoms with E-state index in [1.54, 1.807) is 12.1 Å². The fraction of sp³-hybridized carbons (Fsp3) is 0.562. The molecule has 2 fully saturated rings. The van der Waals surface area contributed by atoms with Crippen LogP contribution < -0.4 is 10.2 Å². The lowest BCUT2D eigenvalue weighted by Crippen LogP contribution is -2.45. The average Bonchev–Trinajstić information content (AvgIpc) is 3.32. The van der Waals surface area contributed by atoms with Crippen LogP contribution in [0.15, 0.2) is 29.2 Å². The molecule has 5 nitrogen and oxygen atoms in total. The van der Waals surface area contributed by atoms with E-state index < -0.39 is 9.84 Å². The summed E-state index contributed by atoms with van der Waals surface area (Å²) < 4.78 is 22.9. The number of rotatable bonds is 4. The van der Waals surface area contributed by atoms with Gasteiger partial charge >= 0.3 is 0 Å². The number of anilines is 1. The molecular weight excluding hydrogens is 300 g/mol. The Labute approximate surface area is 131 Å². The van der Waals surface area contributed by atoms with Crippen LogP contribution in [0.4, 0.5) is 5.69 Å². The first kappa shape index (κ1) is 15.3. The Kier molecular flexibility index (Phi) is 4.12. The predicted molar refractivity (Wildman–Crippen MR) is 85.7 cm³/mol. The normalized spacial score (nSPS) is 20.0. The van der Waals surface area contributed by atoms with E-state index >= 15 is 0 Å². The first-order chi connectivity index (χ1) is 10.4. The van der Waals surface area contributed by atoms with Gasteiger partial charge in [-0.05, 0) is 49.9 Å². The summed E-state index contributed by atoms with van der Waals surface area (Å²) in [5.41, 5.74) is 1.04. The summed E-state index contributed by atoms with van der Waals surface area (Å²) in [4.78, 5) is 14.4. The second-order valence-corrected chi connectivity index (χ2v) is 8.33. The fourth-order valence-electron chi connectivity index (χ4n) is 2.85. The zero-order valence-electron chi connectivity index (χ0n) is 12.8. The molecule has 0 radical (unpaired) electrons. The summed E-state index contributed by atoms with van der Waals surface area (Å²) in [5, 5.41) is 3.14. The van der Waals surface area contributed by atoms with E-state index in [0.717, 1.165) is 44.5 Å². The van der Waals surface area contributed by atoms with Gasteiger partial charge in [0.25, 0.3) is 0 Å². The number of nitrogens with zero attached hydrogens (tertiary/aromatic N) is 1. The largest absolute Gasteiger partial charge is 0.371 e. The van der Waals surface area contributed by atoms with E-state index in [2.05, 4.69) is 10.2 Å². The van der Waals surface area contributed by atoms with Gasteiger partial charge in [-0.25, -0.2) is 8.42 Å². The third kappa shape index (κ3) is 3.61. The lowest BCUT2D eigenvalue weighted by atomic mass is 10.0. The highest BCUT2D eigenvalue weighted by atomic mass is 32.2. The van der Waals surface area contributed by atoms with Crippen LogP contribution in [-0.2, 0) is 14.6 Å². The summed E-state index contributed by atoms with van der Waals surface area (Å²) in [6.45, 7) is 1.77. The van der Waals surface area contributed by atoms with E-state index in [0.29, 0.717) is 4.90 Å². The van der Waals surface area contributed by atoms with Crippen molar-refractivity contribution in [3.63, 3.8) is 0 Å². The second kappa shape index (κ2) is 5.91. The molecule has 3 rings (SSSR count). The minimum absolute atomic E-state index is 0.218. The molecule has 0 bridgehead atoms. The van der Waals surface area contributed by atoms with Crippen molar-refractivity contribution in [3.05, 3.63) is 24.3 Å². The summed E-state index contributed by atoms with van der Waals surface area (Å²) in [5.74, 6) is 0.484. The topological polar surface area (TPSA) is 66.5 Å². The van der Waals surface area contributed by atoms with Crippen molar-refractivity contribution in [2.24, 2.45) is 5.92 Å². The molecule has 120 valence electrons. The van der Waals surface area contributed by atoms with E-state index in [-0.39, 0.29) is 17.9 Å². The van der Waals surface area contributed by atoms with E-state index in [9.17, 15) is 13.2 Å². The highest BCUT2D eigenvalue weighted by Crippen LogP contribution is 2.29. The number of benzene rings is 1. The zero-order chi connectivity index (χ0) is 15.7. The van der Waals surface area contributed by atoms with Crippen LogP contribution in [0.3, 0.4) is 0 Å². The molecule has 6 heteroatoms. The molecule has 1 heterocycles. The van der Waals surface area contributed by atoms with Crippen molar-refractivity contribution in [1.82, 2.24) is 5.32 Å². The first-order valence-electron chi connectivity index (χ1n) is 7.79. The summed E-state index contributed by atoms with van der Waals surface area (Å²) in [6.07, 6.45) is 5.17. The third-order valence-electron chi connectivity index (χ3n) is 4.42. The lowest BCUT2D eigenvalue weighted by molar-refractivity contribution is -0.123. The maximum Gasteiger partial charge on any atom is 0.223 e. The quantitative estimate of drug-likeness (QED) is 0.914. The monoisotopic (exact) mass is 322 g/mol. The Balaban J connectivity index is 1.55. The van der Waals surface area contributed by atoms with Gasteiger partial charge in [-0.3, -0.25) is 4.79 Å². The van der Waals surface area contributed by atoms with Crippen molar-refractivity contribution in [2.45, 2.75) is 36.6 Å². The van der Waals surface area contributed by atoms with Crippen LogP contribution in [0.1, 0.15) is 25.7 Å². The zero-order valence-corrected chi connectivity index (χ0v) is 13.6. The van der Waals surface area contributed by atoms with Gasteiger partial charge in [0.15, 0.2) is 9.84 Å². The number of sulfone groups is 1. The SMILES string of the molecule is CS(=O)(=O)c1ccc(N2CCC(NC(=O)C3CC3)CC2)cc1. The van der Waals surface area contributed by atoms with Gasteiger partial charge in [0.1, 0.15) is 0 Å². The Morgan fingerprint density at radius 1 is 1.09 bits per heavy atom. The fourth-order valence-corrected chi connectivity index (χ4v) is 3.48. The van der Waals surface area contributed by atoms with E-state index in [4.69, 9.17) is 0 Å². The molecule has 0 spiro atoms. The van der Waals surface area contributed by atoms with Gasteiger partial charge in [-0.2, -0.15) is 0 Å². The van der Waals surface area contributed by atoms with E-state index in [1.165, 1.54) is 6.26 Å². The Bertz CT molecular complexity index is 642. The van der Waals surface area contributed by atoms with Gasteiger partial charge < -0.3 is 10.2 Å². The molecule has 1 aromatic rings. The Morgan fingerprint density at radius 2 is 1.68 bits per heavy atom. The van der Waals surface area contributed by atoms with Crippen molar-refractivity contribution in [2.75, 3.05) is 24.2 Å². The standard InChI is InChI=1S/C16H22N2O3S/c1-22(20,21)15-6-4-14(5-7-15)18-10-8-13(9-11-18)17-16(19)12-2-3-12/h4-7,12-13H,2-3,8-11H2,1H3,(H,17,19). The molecule has 0 atom stereocenters. The smallest absolute Gasteiger partial charge is 0.223 e. The van der Waals surface area contributed by atoms with Crippen LogP contribution in [0.25, 0.3) is 0 Å². The number of hydrogen-bond acceptors (Lipinski definition) is 4. The van der Waals surface area contributed by atoms with Crippen molar-refractivity contribution >= 4 is 21.4 Å². The number of carbonyl (C=O) groups is 1. The van der Waals surface area contributed by atoms with Gasteiger partial charge in [0, 0.05) is 37.0 Å². The molecular formula is C16H22N2O3S. The Hall–Kier alpha value is -1.56. The molecule has 1 amide bonds. The van der Waals surface area contributed by atoms with Crippen LogP contribution in [0, 0.1) is 5.92 Å². The third-order valence-corrected chi connectivity index (χ3v) is 5.55. The number of amides is 1. The minimum atomic E-state index is -3.14. The molecule has 1 aromatic carbocycles. The molecule has 0 aromatic heterocycles. The highest BCUT2D eigenvalue weighted by Gasteiger charge is 2.31. The van der Waals surface area contributed by atoms with Crippen molar-refractivity contribution < 1.29 is 13.2 Å². The summed E-state index contributed by atoms with van der Waals surface area (Å²) in [7, 11) is -3.14. The van der Waals surface area contributed by atoms with Crippen LogP contribution in [-0.4, -0.2) is 39.7 Å². The number of hydrogen-bond donors (Lipinski definition) is 1. The minimum Gasteiger partial charge on any atom is -0.371 e. The van der Waals surface area contributed by atoms with Crippen LogP contribution in [0.2, 0.25) is 0 Å². The molecule has 1 saturated heterocycles. The van der Waals surface area contributed by atoms with Gasteiger partial charge in [-0.15, -0.1) is 0 Å². The molecule has 1 aliphatic carbocycles. The highest BCUT2D eigenvalue weighted by molar-refractivity contribution is 7.90. The van der Waals surface area contributed by atoms with Gasteiger partial charge in [0.2, 0.25) is 5.91 Å².